The van der Waals surface area contributed by atoms with E-state index in [9.17, 15) is 4.79 Å². The van der Waals surface area contributed by atoms with Gasteiger partial charge in [-0.3, -0.25) is 4.79 Å². The first-order valence-corrected chi connectivity index (χ1v) is 8.95. The highest BCUT2D eigenvalue weighted by atomic mass is 32.2. The molecule has 1 aromatic carbocycles. The molecule has 1 fully saturated rings. The number of anilines is 1. The molecule has 1 saturated heterocycles. The smallest absolute Gasteiger partial charge is 0.239 e. The van der Waals surface area contributed by atoms with E-state index in [2.05, 4.69) is 29.2 Å². The summed E-state index contributed by atoms with van der Waals surface area (Å²) in [5.41, 5.74) is 7.25. The first kappa shape index (κ1) is 16.2. The van der Waals surface area contributed by atoms with E-state index in [4.69, 9.17) is 5.73 Å². The Morgan fingerprint density at radius 1 is 1.24 bits per heavy atom. The predicted molar refractivity (Wildman–Crippen MR) is 90.8 cm³/mol. The molecule has 5 heteroatoms. The van der Waals surface area contributed by atoms with Gasteiger partial charge in [0.1, 0.15) is 0 Å². The molecule has 0 radical (unpaired) electrons. The van der Waals surface area contributed by atoms with E-state index in [-0.39, 0.29) is 11.9 Å². The van der Waals surface area contributed by atoms with Gasteiger partial charge in [0.15, 0.2) is 0 Å². The van der Waals surface area contributed by atoms with E-state index >= 15 is 0 Å². The summed E-state index contributed by atoms with van der Waals surface area (Å²) >= 11 is 1.74. The number of nitrogens with two attached hydrogens (primary N) is 1. The summed E-state index contributed by atoms with van der Waals surface area (Å²) in [4.78, 5) is 16.7. The lowest BCUT2D eigenvalue weighted by molar-refractivity contribution is -0.132. The highest BCUT2D eigenvalue weighted by Gasteiger charge is 2.23. The summed E-state index contributed by atoms with van der Waals surface area (Å²) < 4.78 is 0. The van der Waals surface area contributed by atoms with Crippen molar-refractivity contribution >= 4 is 23.4 Å². The van der Waals surface area contributed by atoms with Crippen LogP contribution in [0.3, 0.4) is 0 Å². The monoisotopic (exact) mass is 307 g/mol. The molecule has 0 unspecified atom stereocenters. The Balaban J connectivity index is 1.90. The summed E-state index contributed by atoms with van der Waals surface area (Å²) in [7, 11) is 0. The van der Waals surface area contributed by atoms with Gasteiger partial charge in [-0.1, -0.05) is 18.2 Å². The van der Waals surface area contributed by atoms with Crippen LogP contribution in [-0.4, -0.2) is 55.0 Å². The topological polar surface area (TPSA) is 49.6 Å². The first-order valence-electron chi connectivity index (χ1n) is 7.55. The van der Waals surface area contributed by atoms with Crippen LogP contribution in [0.1, 0.15) is 12.8 Å². The van der Waals surface area contributed by atoms with E-state index in [1.807, 2.05) is 17.2 Å². The van der Waals surface area contributed by atoms with Crippen molar-refractivity contribution < 1.29 is 4.79 Å². The summed E-state index contributed by atoms with van der Waals surface area (Å²) in [6, 6.07) is 10.1. The summed E-state index contributed by atoms with van der Waals surface area (Å²) in [6.45, 7) is 3.45. The van der Waals surface area contributed by atoms with Crippen LogP contribution in [0.2, 0.25) is 0 Å². The van der Waals surface area contributed by atoms with Crippen molar-refractivity contribution in [3.8, 4) is 0 Å². The zero-order valence-corrected chi connectivity index (χ0v) is 13.5. The molecule has 0 aromatic heterocycles. The summed E-state index contributed by atoms with van der Waals surface area (Å²) in [6.07, 6.45) is 3.80. The minimum absolute atomic E-state index is 0.110. The fraction of sp³-hybridized carbons (Fsp3) is 0.562. The van der Waals surface area contributed by atoms with Gasteiger partial charge in [-0.2, -0.15) is 11.8 Å². The van der Waals surface area contributed by atoms with Crippen LogP contribution in [0, 0.1) is 0 Å². The minimum Gasteiger partial charge on any atom is -0.370 e. The molecule has 4 nitrogen and oxygen atoms in total. The Bertz CT molecular complexity index is 440. The number of thioether (sulfide) groups is 1. The maximum absolute atomic E-state index is 12.4. The van der Waals surface area contributed by atoms with Gasteiger partial charge >= 0.3 is 0 Å². The van der Waals surface area contributed by atoms with Crippen molar-refractivity contribution in [3.63, 3.8) is 0 Å². The van der Waals surface area contributed by atoms with E-state index in [0.717, 1.165) is 44.8 Å². The Hall–Kier alpha value is -1.20. The van der Waals surface area contributed by atoms with Crippen LogP contribution in [0.4, 0.5) is 5.69 Å². The number of hydrogen-bond acceptors (Lipinski definition) is 4. The molecular formula is C16H25N3OS. The number of nitrogens with zero attached hydrogens (tertiary/aromatic N) is 2. The number of benzene rings is 1. The lowest BCUT2D eigenvalue weighted by Gasteiger charge is -2.25. The SMILES string of the molecule is CSCC[C@H](N)C(=O)N1CCCN(c2ccccc2)CC1. The number of carbonyl (C=O) groups is 1. The number of rotatable bonds is 5. The van der Waals surface area contributed by atoms with Gasteiger partial charge in [0, 0.05) is 31.9 Å². The molecule has 0 saturated carbocycles. The number of carbonyl (C=O) groups excluding carboxylic acids is 1. The fourth-order valence-electron chi connectivity index (χ4n) is 2.64. The van der Waals surface area contributed by atoms with E-state index < -0.39 is 0 Å². The second-order valence-electron chi connectivity index (χ2n) is 5.39. The van der Waals surface area contributed by atoms with E-state index in [0.29, 0.717) is 0 Å². The molecule has 0 bridgehead atoms. The van der Waals surface area contributed by atoms with Gasteiger partial charge in [0.05, 0.1) is 6.04 Å². The Labute approximate surface area is 131 Å². The summed E-state index contributed by atoms with van der Waals surface area (Å²) in [5.74, 6) is 1.05. The molecule has 2 rings (SSSR count). The van der Waals surface area contributed by atoms with Crippen LogP contribution < -0.4 is 10.6 Å². The molecule has 1 amide bonds. The average molecular weight is 307 g/mol. The fourth-order valence-corrected chi connectivity index (χ4v) is 3.13. The molecular weight excluding hydrogens is 282 g/mol. The van der Waals surface area contributed by atoms with Gasteiger partial charge in [0.25, 0.3) is 0 Å². The van der Waals surface area contributed by atoms with Crippen molar-refractivity contribution in [2.45, 2.75) is 18.9 Å². The second-order valence-corrected chi connectivity index (χ2v) is 6.38. The van der Waals surface area contributed by atoms with Crippen molar-refractivity contribution in [2.24, 2.45) is 5.73 Å². The van der Waals surface area contributed by atoms with Crippen LogP contribution in [0.15, 0.2) is 30.3 Å². The molecule has 21 heavy (non-hydrogen) atoms. The standard InChI is InChI=1S/C16H25N3OS/c1-21-13-8-15(17)16(20)19-10-5-9-18(11-12-19)14-6-3-2-4-7-14/h2-4,6-7,15H,5,8-13,17H2,1H3/t15-/m0/s1. The average Bonchev–Trinajstić information content (AvgIpc) is 2.78. The van der Waals surface area contributed by atoms with Crippen molar-refractivity contribution in [1.29, 1.82) is 0 Å². The molecule has 1 atom stereocenters. The lowest BCUT2D eigenvalue weighted by atomic mass is 10.2. The summed E-state index contributed by atoms with van der Waals surface area (Å²) in [5, 5.41) is 0. The van der Waals surface area contributed by atoms with Gasteiger partial charge in [0.2, 0.25) is 5.91 Å². The molecule has 2 N–H and O–H groups in total. The zero-order valence-electron chi connectivity index (χ0n) is 12.7. The van der Waals surface area contributed by atoms with Crippen molar-refractivity contribution in [1.82, 2.24) is 4.90 Å². The Morgan fingerprint density at radius 3 is 2.71 bits per heavy atom. The maximum Gasteiger partial charge on any atom is 0.239 e. The van der Waals surface area contributed by atoms with Crippen LogP contribution in [0.25, 0.3) is 0 Å². The second kappa shape index (κ2) is 8.29. The third-order valence-corrected chi connectivity index (χ3v) is 4.52. The molecule has 1 heterocycles. The lowest BCUT2D eigenvalue weighted by Crippen LogP contribution is -2.45. The quantitative estimate of drug-likeness (QED) is 0.901. The Morgan fingerprint density at radius 2 is 2.00 bits per heavy atom. The highest BCUT2D eigenvalue weighted by Crippen LogP contribution is 2.16. The van der Waals surface area contributed by atoms with E-state index in [1.165, 1.54) is 5.69 Å². The van der Waals surface area contributed by atoms with Gasteiger partial charge in [-0.05, 0) is 37.0 Å². The molecule has 1 aliphatic heterocycles. The van der Waals surface area contributed by atoms with Gasteiger partial charge in [-0.25, -0.2) is 0 Å². The zero-order chi connectivity index (χ0) is 15.1. The molecule has 116 valence electrons. The largest absolute Gasteiger partial charge is 0.370 e. The molecule has 1 aliphatic rings. The van der Waals surface area contributed by atoms with Crippen LogP contribution in [-0.2, 0) is 4.79 Å². The predicted octanol–water partition coefficient (Wildman–Crippen LogP) is 1.81. The van der Waals surface area contributed by atoms with Crippen molar-refractivity contribution in [3.05, 3.63) is 30.3 Å². The van der Waals surface area contributed by atoms with Crippen molar-refractivity contribution in [2.75, 3.05) is 43.1 Å². The van der Waals surface area contributed by atoms with Gasteiger partial charge in [-0.15, -0.1) is 0 Å². The number of hydrogen-bond donors (Lipinski definition) is 1. The number of amides is 1. The van der Waals surface area contributed by atoms with Crippen LogP contribution >= 0.6 is 11.8 Å². The minimum atomic E-state index is -0.347. The van der Waals surface area contributed by atoms with Crippen LogP contribution in [0.5, 0.6) is 0 Å². The Kier molecular flexibility index (Phi) is 6.39. The maximum atomic E-state index is 12.4. The first-order chi connectivity index (χ1) is 10.2. The van der Waals surface area contributed by atoms with E-state index in [1.54, 1.807) is 11.8 Å². The molecule has 0 spiro atoms. The third kappa shape index (κ3) is 4.64. The molecule has 1 aromatic rings. The number of para-hydroxylation sites is 1. The third-order valence-electron chi connectivity index (χ3n) is 3.88. The molecule has 0 aliphatic carbocycles. The highest BCUT2D eigenvalue weighted by molar-refractivity contribution is 7.98. The normalized spacial score (nSPS) is 17.4. The van der Waals surface area contributed by atoms with Gasteiger partial charge < -0.3 is 15.5 Å².